The molecule has 2 heterocycles. The van der Waals surface area contributed by atoms with Gasteiger partial charge in [0.1, 0.15) is 0 Å². The van der Waals surface area contributed by atoms with Crippen molar-refractivity contribution in [3.05, 3.63) is 30.4 Å². The average molecular weight is 173 g/mol. The van der Waals surface area contributed by atoms with Crippen molar-refractivity contribution in [1.29, 1.82) is 0 Å². The third-order valence-corrected chi connectivity index (χ3v) is 1.50. The Hall–Kier alpha value is -1.91. The summed E-state index contributed by atoms with van der Waals surface area (Å²) in [6.45, 7) is 1.74. The molecule has 0 fully saturated rings. The van der Waals surface area contributed by atoms with E-state index in [9.17, 15) is 0 Å². The fourth-order valence-corrected chi connectivity index (χ4v) is 0.890. The molecule has 0 aliphatic carbocycles. The van der Waals surface area contributed by atoms with Crippen LogP contribution < -0.4 is 0 Å². The van der Waals surface area contributed by atoms with Crippen LogP contribution in [0.4, 0.5) is 0 Å². The standard InChI is InChI=1S/C8H7N5/c1-6-10-12-8(13-11-6)7-3-2-4-9-5-7/h2-5H,1H3. The highest BCUT2D eigenvalue weighted by Gasteiger charge is 2.00. The Balaban J connectivity index is 2.42. The van der Waals surface area contributed by atoms with E-state index in [1.807, 2.05) is 12.1 Å². The number of aryl methyl sites for hydroxylation is 1. The first-order valence-electron chi connectivity index (χ1n) is 3.80. The van der Waals surface area contributed by atoms with Crippen LogP contribution in [0.15, 0.2) is 24.5 Å². The van der Waals surface area contributed by atoms with Gasteiger partial charge in [0.2, 0.25) is 5.82 Å². The van der Waals surface area contributed by atoms with E-state index in [1.54, 1.807) is 19.3 Å². The molecule has 0 atom stereocenters. The quantitative estimate of drug-likeness (QED) is 0.633. The first-order valence-corrected chi connectivity index (χ1v) is 3.80. The summed E-state index contributed by atoms with van der Waals surface area (Å²) in [5.74, 6) is 1.06. The summed E-state index contributed by atoms with van der Waals surface area (Å²) in [5, 5.41) is 15.4. The summed E-state index contributed by atoms with van der Waals surface area (Å²) in [6.07, 6.45) is 3.37. The Kier molecular flexibility index (Phi) is 1.91. The Morgan fingerprint density at radius 1 is 1.08 bits per heavy atom. The monoisotopic (exact) mass is 173 g/mol. The maximum absolute atomic E-state index is 3.95. The second-order valence-corrected chi connectivity index (χ2v) is 2.51. The van der Waals surface area contributed by atoms with Gasteiger partial charge in [-0.25, -0.2) is 0 Å². The predicted octanol–water partition coefficient (Wildman–Crippen LogP) is 0.637. The minimum absolute atomic E-state index is 0.499. The van der Waals surface area contributed by atoms with Crippen LogP contribution in [0.5, 0.6) is 0 Å². The summed E-state index contributed by atoms with van der Waals surface area (Å²) in [6, 6.07) is 3.68. The molecule has 0 saturated carbocycles. The topological polar surface area (TPSA) is 64.5 Å². The van der Waals surface area contributed by atoms with Gasteiger partial charge in [0.05, 0.1) is 0 Å². The van der Waals surface area contributed by atoms with Crippen molar-refractivity contribution in [2.75, 3.05) is 0 Å². The second-order valence-electron chi connectivity index (χ2n) is 2.51. The number of aromatic nitrogens is 5. The molecular weight excluding hydrogens is 166 g/mol. The minimum atomic E-state index is 0.499. The highest BCUT2D eigenvalue weighted by molar-refractivity contribution is 5.51. The van der Waals surface area contributed by atoms with E-state index in [1.165, 1.54) is 0 Å². The largest absolute Gasteiger partial charge is 0.264 e. The molecule has 64 valence electrons. The van der Waals surface area contributed by atoms with Crippen LogP contribution in [0.3, 0.4) is 0 Å². The highest BCUT2D eigenvalue weighted by Crippen LogP contribution is 2.08. The Labute approximate surface area is 74.9 Å². The third kappa shape index (κ3) is 1.64. The molecule has 0 aliphatic rings. The zero-order valence-corrected chi connectivity index (χ0v) is 7.05. The fourth-order valence-electron chi connectivity index (χ4n) is 0.890. The van der Waals surface area contributed by atoms with Crippen LogP contribution in [0, 0.1) is 6.92 Å². The first-order chi connectivity index (χ1) is 6.36. The molecule has 5 nitrogen and oxygen atoms in total. The van der Waals surface area contributed by atoms with Gasteiger partial charge >= 0.3 is 0 Å². The number of rotatable bonds is 1. The molecule has 2 aromatic rings. The van der Waals surface area contributed by atoms with Crippen LogP contribution in [0.1, 0.15) is 5.82 Å². The molecule has 0 amide bonds. The summed E-state index contributed by atoms with van der Waals surface area (Å²) in [5.41, 5.74) is 0.822. The number of nitrogens with zero attached hydrogens (tertiary/aromatic N) is 5. The Bertz CT molecular complexity index is 383. The molecule has 0 radical (unpaired) electrons. The van der Waals surface area contributed by atoms with Crippen LogP contribution in [-0.2, 0) is 0 Å². The lowest BCUT2D eigenvalue weighted by atomic mass is 10.3. The lowest BCUT2D eigenvalue weighted by Gasteiger charge is -1.95. The molecule has 0 bridgehead atoms. The van der Waals surface area contributed by atoms with Crippen LogP contribution in [-0.4, -0.2) is 25.4 Å². The lowest BCUT2D eigenvalue weighted by molar-refractivity contribution is 0.815. The fraction of sp³-hybridized carbons (Fsp3) is 0.125. The van der Waals surface area contributed by atoms with Crippen molar-refractivity contribution in [3.63, 3.8) is 0 Å². The molecule has 0 spiro atoms. The molecule has 0 aliphatic heterocycles. The van der Waals surface area contributed by atoms with Gasteiger partial charge in [-0.3, -0.25) is 4.98 Å². The van der Waals surface area contributed by atoms with Crippen molar-refractivity contribution in [1.82, 2.24) is 25.4 Å². The highest BCUT2D eigenvalue weighted by atomic mass is 15.3. The van der Waals surface area contributed by atoms with Crippen LogP contribution >= 0.6 is 0 Å². The Morgan fingerprint density at radius 3 is 2.46 bits per heavy atom. The molecule has 0 saturated heterocycles. The van der Waals surface area contributed by atoms with Crippen LogP contribution in [0.25, 0.3) is 11.4 Å². The molecule has 0 unspecified atom stereocenters. The number of hydrogen-bond donors (Lipinski definition) is 0. The molecule has 2 aromatic heterocycles. The summed E-state index contributed by atoms with van der Waals surface area (Å²) >= 11 is 0. The Morgan fingerprint density at radius 2 is 1.85 bits per heavy atom. The van der Waals surface area contributed by atoms with E-state index >= 15 is 0 Å². The minimum Gasteiger partial charge on any atom is -0.264 e. The van der Waals surface area contributed by atoms with Crippen molar-refractivity contribution in [2.45, 2.75) is 6.92 Å². The van der Waals surface area contributed by atoms with Gasteiger partial charge < -0.3 is 0 Å². The van der Waals surface area contributed by atoms with Gasteiger partial charge in [0.25, 0.3) is 0 Å². The van der Waals surface area contributed by atoms with E-state index in [0.29, 0.717) is 11.6 Å². The maximum Gasteiger partial charge on any atom is 0.205 e. The summed E-state index contributed by atoms with van der Waals surface area (Å²) in [4.78, 5) is 3.95. The van der Waals surface area contributed by atoms with Crippen molar-refractivity contribution in [3.8, 4) is 11.4 Å². The zero-order valence-electron chi connectivity index (χ0n) is 7.05. The van der Waals surface area contributed by atoms with E-state index in [-0.39, 0.29) is 0 Å². The lowest BCUT2D eigenvalue weighted by Crippen LogP contribution is -1.98. The van der Waals surface area contributed by atoms with E-state index in [2.05, 4.69) is 25.4 Å². The maximum atomic E-state index is 3.95. The van der Waals surface area contributed by atoms with Gasteiger partial charge in [-0.1, -0.05) is 0 Å². The van der Waals surface area contributed by atoms with Gasteiger partial charge in [0.15, 0.2) is 5.82 Å². The predicted molar refractivity (Wildman–Crippen MR) is 45.6 cm³/mol. The van der Waals surface area contributed by atoms with Gasteiger partial charge in [-0.2, -0.15) is 0 Å². The summed E-state index contributed by atoms with van der Waals surface area (Å²) < 4.78 is 0. The van der Waals surface area contributed by atoms with E-state index in [4.69, 9.17) is 0 Å². The zero-order chi connectivity index (χ0) is 9.10. The molecular formula is C8H7N5. The molecule has 2 rings (SSSR count). The molecule has 5 heteroatoms. The normalized spacial score (nSPS) is 9.92. The third-order valence-electron chi connectivity index (χ3n) is 1.50. The van der Waals surface area contributed by atoms with Crippen molar-refractivity contribution >= 4 is 0 Å². The van der Waals surface area contributed by atoms with Crippen LogP contribution in [0.2, 0.25) is 0 Å². The smallest absolute Gasteiger partial charge is 0.205 e. The first kappa shape index (κ1) is 7.72. The average Bonchev–Trinajstić information content (AvgIpc) is 2.20. The number of pyridine rings is 1. The summed E-state index contributed by atoms with van der Waals surface area (Å²) in [7, 11) is 0. The second kappa shape index (κ2) is 3.22. The van der Waals surface area contributed by atoms with Crippen molar-refractivity contribution < 1.29 is 0 Å². The molecule has 0 aromatic carbocycles. The van der Waals surface area contributed by atoms with Gasteiger partial charge in [0, 0.05) is 18.0 Å². The van der Waals surface area contributed by atoms with Crippen molar-refractivity contribution in [2.24, 2.45) is 0 Å². The SMILES string of the molecule is Cc1nnc(-c2cccnc2)nn1. The van der Waals surface area contributed by atoms with Gasteiger partial charge in [-0.05, 0) is 19.1 Å². The number of hydrogen-bond acceptors (Lipinski definition) is 5. The van der Waals surface area contributed by atoms with E-state index in [0.717, 1.165) is 5.56 Å². The van der Waals surface area contributed by atoms with E-state index < -0.39 is 0 Å². The van der Waals surface area contributed by atoms with Gasteiger partial charge in [-0.15, -0.1) is 20.4 Å². The molecule has 0 N–H and O–H groups in total. The molecule has 13 heavy (non-hydrogen) atoms.